The smallest absolute Gasteiger partial charge is 0.422 e. The van der Waals surface area contributed by atoms with E-state index in [0.29, 0.717) is 21.6 Å². The minimum absolute atomic E-state index is 0.0744. The topological polar surface area (TPSA) is 119 Å². The summed E-state index contributed by atoms with van der Waals surface area (Å²) in [5, 5.41) is 6.84. The quantitative estimate of drug-likeness (QED) is 0.704. The zero-order chi connectivity index (χ0) is 16.0. The summed E-state index contributed by atoms with van der Waals surface area (Å²) in [5.41, 5.74) is 0.0410. The van der Waals surface area contributed by atoms with E-state index in [1.165, 1.54) is 0 Å². The molecule has 3 aromatic rings. The van der Waals surface area contributed by atoms with Crippen molar-refractivity contribution in [1.29, 1.82) is 0 Å². The second-order valence-electron chi connectivity index (χ2n) is 4.65. The molecule has 0 radical (unpaired) electrons. The van der Waals surface area contributed by atoms with Crippen LogP contribution in [0.5, 0.6) is 0 Å². The molecule has 114 valence electrons. The van der Waals surface area contributed by atoms with Crippen LogP contribution < -0.4 is 11.4 Å². The molecule has 8 nitrogen and oxygen atoms in total. The Kier molecular flexibility index (Phi) is 3.01. The first-order valence-electron chi connectivity index (χ1n) is 6.50. The number of para-hydroxylation sites is 1. The first kappa shape index (κ1) is 13.7. The number of rotatable bonds is 2. The van der Waals surface area contributed by atoms with Gasteiger partial charge in [0.15, 0.2) is 0 Å². The SMILES string of the molecule is O=C1N=C(SCc2n[nH]c(=O)o2)c2c1c(=O)oc1ccccc21. The Labute approximate surface area is 131 Å². The monoisotopic (exact) mass is 329 g/mol. The van der Waals surface area contributed by atoms with E-state index in [1.54, 1.807) is 24.3 Å². The first-order valence-corrected chi connectivity index (χ1v) is 7.48. The van der Waals surface area contributed by atoms with Gasteiger partial charge in [-0.15, -0.1) is 5.10 Å². The van der Waals surface area contributed by atoms with Crippen molar-refractivity contribution in [2.75, 3.05) is 0 Å². The Balaban J connectivity index is 1.80. The van der Waals surface area contributed by atoms with Crippen molar-refractivity contribution in [3.05, 3.63) is 62.3 Å². The molecule has 23 heavy (non-hydrogen) atoms. The van der Waals surface area contributed by atoms with Crippen LogP contribution in [0.25, 0.3) is 11.0 Å². The zero-order valence-corrected chi connectivity index (χ0v) is 12.2. The predicted molar refractivity (Wildman–Crippen MR) is 81.8 cm³/mol. The number of fused-ring (bicyclic) bond motifs is 3. The number of thioether (sulfide) groups is 1. The minimum atomic E-state index is -0.714. The summed E-state index contributed by atoms with van der Waals surface area (Å²) in [6.07, 6.45) is 0. The Morgan fingerprint density at radius 1 is 1.09 bits per heavy atom. The van der Waals surface area contributed by atoms with Crippen molar-refractivity contribution in [3.8, 4) is 0 Å². The summed E-state index contributed by atoms with van der Waals surface area (Å²) in [7, 11) is 0. The summed E-state index contributed by atoms with van der Waals surface area (Å²) in [5.74, 6) is -0.920. The lowest BCUT2D eigenvalue weighted by Gasteiger charge is -2.04. The van der Waals surface area contributed by atoms with E-state index in [-0.39, 0.29) is 17.2 Å². The number of benzene rings is 1. The van der Waals surface area contributed by atoms with Crippen LogP contribution in [0.3, 0.4) is 0 Å². The van der Waals surface area contributed by atoms with E-state index in [4.69, 9.17) is 8.83 Å². The highest BCUT2D eigenvalue weighted by Crippen LogP contribution is 2.30. The van der Waals surface area contributed by atoms with Crippen molar-refractivity contribution in [1.82, 2.24) is 10.2 Å². The van der Waals surface area contributed by atoms with E-state index < -0.39 is 17.3 Å². The molecule has 3 heterocycles. The number of carbonyl (C=O) groups excluding carboxylic acids is 1. The Morgan fingerprint density at radius 3 is 2.70 bits per heavy atom. The van der Waals surface area contributed by atoms with Crippen molar-refractivity contribution in [2.24, 2.45) is 4.99 Å². The number of aromatic nitrogens is 2. The second kappa shape index (κ2) is 5.06. The van der Waals surface area contributed by atoms with Crippen molar-refractivity contribution in [2.45, 2.75) is 5.75 Å². The maximum atomic E-state index is 12.0. The lowest BCUT2D eigenvalue weighted by molar-refractivity contribution is 0.100. The summed E-state index contributed by atoms with van der Waals surface area (Å²) in [6, 6.07) is 6.91. The number of aliphatic imine (C=N–C) groups is 1. The molecular formula is C14H7N3O5S. The largest absolute Gasteiger partial charge is 0.434 e. The predicted octanol–water partition coefficient (Wildman–Crippen LogP) is 1.30. The van der Waals surface area contributed by atoms with Crippen LogP contribution in [0.2, 0.25) is 0 Å². The van der Waals surface area contributed by atoms with Crippen molar-refractivity contribution in [3.63, 3.8) is 0 Å². The molecule has 2 aromatic heterocycles. The fourth-order valence-electron chi connectivity index (χ4n) is 2.33. The average molecular weight is 329 g/mol. The van der Waals surface area contributed by atoms with Crippen molar-refractivity contribution < 1.29 is 13.6 Å². The number of hydrogen-bond donors (Lipinski definition) is 1. The highest BCUT2D eigenvalue weighted by atomic mass is 32.2. The van der Waals surface area contributed by atoms with Gasteiger partial charge in [-0.25, -0.2) is 19.7 Å². The molecule has 4 rings (SSSR count). The molecule has 0 saturated heterocycles. The molecule has 0 fully saturated rings. The van der Waals surface area contributed by atoms with Crippen LogP contribution in [-0.4, -0.2) is 21.1 Å². The molecule has 0 spiro atoms. The third-order valence-corrected chi connectivity index (χ3v) is 4.22. The molecule has 1 aliphatic heterocycles. The van der Waals surface area contributed by atoms with E-state index >= 15 is 0 Å². The zero-order valence-electron chi connectivity index (χ0n) is 11.4. The Morgan fingerprint density at radius 2 is 1.91 bits per heavy atom. The van der Waals surface area contributed by atoms with Crippen LogP contribution in [0.15, 0.2) is 47.7 Å². The van der Waals surface area contributed by atoms with Gasteiger partial charge in [-0.2, -0.15) is 0 Å². The molecule has 1 aromatic carbocycles. The molecule has 0 aliphatic carbocycles. The fourth-order valence-corrected chi connectivity index (χ4v) is 3.21. The number of hydrogen-bond acceptors (Lipinski definition) is 7. The summed E-state index contributed by atoms with van der Waals surface area (Å²) >= 11 is 1.15. The Bertz CT molecular complexity index is 1090. The first-order chi connectivity index (χ1) is 11.1. The van der Waals surface area contributed by atoms with Gasteiger partial charge in [0, 0.05) is 10.9 Å². The van der Waals surface area contributed by atoms with E-state index in [9.17, 15) is 14.4 Å². The van der Waals surface area contributed by atoms with Crippen molar-refractivity contribution >= 4 is 33.7 Å². The normalized spacial score (nSPS) is 13.4. The summed E-state index contributed by atoms with van der Waals surface area (Å²) < 4.78 is 9.96. The van der Waals surface area contributed by atoms with Crippen LogP contribution in [0.1, 0.15) is 21.8 Å². The maximum absolute atomic E-state index is 12.0. The number of H-pyrrole nitrogens is 1. The van der Waals surface area contributed by atoms with Crippen LogP contribution in [0, 0.1) is 0 Å². The third-order valence-electron chi connectivity index (χ3n) is 3.26. The lowest BCUT2D eigenvalue weighted by Crippen LogP contribution is -2.12. The molecule has 0 bridgehead atoms. The molecule has 1 N–H and O–H groups in total. The maximum Gasteiger partial charge on any atom is 0.434 e. The number of carbonyl (C=O) groups is 1. The van der Waals surface area contributed by atoms with Gasteiger partial charge in [0.05, 0.1) is 5.75 Å². The molecule has 1 amide bonds. The third kappa shape index (κ3) is 2.21. The highest BCUT2D eigenvalue weighted by molar-refractivity contribution is 8.13. The molecule has 9 heteroatoms. The van der Waals surface area contributed by atoms with Gasteiger partial charge in [0.1, 0.15) is 16.2 Å². The average Bonchev–Trinajstić information content (AvgIpc) is 3.09. The number of nitrogens with one attached hydrogen (secondary N) is 1. The summed E-state index contributed by atoms with van der Waals surface area (Å²) in [4.78, 5) is 38.8. The van der Waals surface area contributed by atoms with Gasteiger partial charge in [0.2, 0.25) is 5.89 Å². The van der Waals surface area contributed by atoms with E-state index in [2.05, 4.69) is 15.2 Å². The number of amides is 1. The molecule has 0 saturated carbocycles. The van der Waals surface area contributed by atoms with Gasteiger partial charge in [-0.3, -0.25) is 4.79 Å². The minimum Gasteiger partial charge on any atom is -0.422 e. The molecule has 0 atom stereocenters. The van der Waals surface area contributed by atoms with Crippen LogP contribution in [0.4, 0.5) is 0 Å². The van der Waals surface area contributed by atoms with E-state index in [0.717, 1.165) is 11.8 Å². The molecular weight excluding hydrogens is 322 g/mol. The van der Waals surface area contributed by atoms with Gasteiger partial charge in [-0.05, 0) is 6.07 Å². The second-order valence-corrected chi connectivity index (χ2v) is 5.62. The van der Waals surface area contributed by atoms with Gasteiger partial charge in [-0.1, -0.05) is 30.0 Å². The van der Waals surface area contributed by atoms with Crippen LogP contribution >= 0.6 is 11.8 Å². The van der Waals surface area contributed by atoms with Gasteiger partial charge in [0.25, 0.3) is 5.91 Å². The fraction of sp³-hybridized carbons (Fsp3) is 0.0714. The standard InChI is InChI=1S/C14H7N3O5S/c18-11-10-9(6-3-1-2-4-7(6)21-13(10)19)12(15-11)23-5-8-16-17-14(20)22-8/h1-4H,5H2,(H,17,20). The number of aromatic amines is 1. The molecule has 1 aliphatic rings. The Hall–Kier alpha value is -2.94. The molecule has 0 unspecified atom stereocenters. The van der Waals surface area contributed by atoms with Crippen LogP contribution in [-0.2, 0) is 5.75 Å². The number of nitrogens with zero attached hydrogens (tertiary/aromatic N) is 2. The lowest BCUT2D eigenvalue weighted by atomic mass is 10.1. The van der Waals surface area contributed by atoms with Gasteiger partial charge < -0.3 is 8.83 Å². The van der Waals surface area contributed by atoms with E-state index in [1.807, 2.05) is 0 Å². The highest BCUT2D eigenvalue weighted by Gasteiger charge is 2.30. The van der Waals surface area contributed by atoms with Gasteiger partial charge >= 0.3 is 11.4 Å². The summed E-state index contributed by atoms with van der Waals surface area (Å²) in [6.45, 7) is 0.